The van der Waals surface area contributed by atoms with Crippen LogP contribution in [0.25, 0.3) is 0 Å². The van der Waals surface area contributed by atoms with Crippen LogP contribution in [0.2, 0.25) is 0 Å². The molecule has 136 valence electrons. The van der Waals surface area contributed by atoms with Crippen molar-refractivity contribution in [3.8, 4) is 5.75 Å². The molecule has 0 aliphatic heterocycles. The maximum absolute atomic E-state index is 11.7. The Kier molecular flexibility index (Phi) is 13.0. The minimum Gasteiger partial charge on any atom is -0.497 e. The van der Waals surface area contributed by atoms with Gasteiger partial charge >= 0.3 is 0 Å². The third kappa shape index (κ3) is 10.3. The number of amides is 1. The maximum Gasteiger partial charge on any atom is 0.242 e. The highest BCUT2D eigenvalue weighted by atomic mass is 127. The first-order valence-electron chi connectivity index (χ1n) is 8.09. The highest BCUT2D eigenvalue weighted by molar-refractivity contribution is 14.0. The number of hydrogen-bond donors (Lipinski definition) is 3. The number of carbonyl (C=O) groups is 1. The molecular weight excluding hydrogens is 419 g/mol. The number of nitrogens with one attached hydrogen (secondary N) is 2. The molecule has 0 aliphatic carbocycles. The summed E-state index contributed by atoms with van der Waals surface area (Å²) in [6, 6.07) is 7.55. The molecule has 0 saturated heterocycles. The summed E-state index contributed by atoms with van der Waals surface area (Å²) in [6.07, 6.45) is 4.68. The Balaban J connectivity index is 0.00000529. The quantitative estimate of drug-likeness (QED) is 0.222. The van der Waals surface area contributed by atoms with Gasteiger partial charge in [0.05, 0.1) is 7.11 Å². The molecule has 6 nitrogen and oxygen atoms in total. The number of methoxy groups -OCH3 is 1. The number of carbonyl (C=O) groups excluding carboxylic acids is 1. The van der Waals surface area contributed by atoms with E-state index in [0.29, 0.717) is 12.5 Å². The second kappa shape index (κ2) is 13.9. The normalized spacial score (nSPS) is 10.7. The summed E-state index contributed by atoms with van der Waals surface area (Å²) in [7, 11) is 1.62. The van der Waals surface area contributed by atoms with Gasteiger partial charge in [-0.1, -0.05) is 38.3 Å². The van der Waals surface area contributed by atoms with E-state index in [4.69, 9.17) is 10.5 Å². The molecule has 1 rings (SSSR count). The molecule has 0 saturated carbocycles. The van der Waals surface area contributed by atoms with E-state index in [1.165, 1.54) is 19.3 Å². The van der Waals surface area contributed by atoms with Crippen molar-refractivity contribution in [3.05, 3.63) is 29.8 Å². The van der Waals surface area contributed by atoms with Crippen molar-refractivity contribution in [1.29, 1.82) is 0 Å². The average molecular weight is 448 g/mol. The van der Waals surface area contributed by atoms with Gasteiger partial charge in [0.15, 0.2) is 5.96 Å². The summed E-state index contributed by atoms with van der Waals surface area (Å²) >= 11 is 0. The molecule has 0 bridgehead atoms. The fourth-order valence-corrected chi connectivity index (χ4v) is 1.98. The first kappa shape index (κ1) is 22.5. The highest BCUT2D eigenvalue weighted by Gasteiger charge is 2.01. The molecule has 0 aliphatic rings. The number of guanidine groups is 1. The van der Waals surface area contributed by atoms with E-state index in [-0.39, 0.29) is 36.4 Å². The minimum atomic E-state index is -0.156. The smallest absolute Gasteiger partial charge is 0.242 e. The van der Waals surface area contributed by atoms with E-state index >= 15 is 0 Å². The van der Waals surface area contributed by atoms with Gasteiger partial charge in [0, 0.05) is 13.1 Å². The van der Waals surface area contributed by atoms with Crippen molar-refractivity contribution < 1.29 is 9.53 Å². The standard InChI is InChI=1S/C17H28N4O2.HI/c1-3-4-5-6-11-19-17(18)21-13-16(22)20-12-14-7-9-15(23-2)10-8-14;/h7-10H,3-6,11-13H2,1-2H3,(H,20,22)(H3,18,19,21);1H. The number of nitrogens with zero attached hydrogens (tertiary/aromatic N) is 1. The fraction of sp³-hybridized carbons (Fsp3) is 0.529. The summed E-state index contributed by atoms with van der Waals surface area (Å²) in [5.74, 6) is 0.958. The van der Waals surface area contributed by atoms with Crippen LogP contribution in [0.1, 0.15) is 38.2 Å². The fourth-order valence-electron chi connectivity index (χ4n) is 1.98. The molecule has 4 N–H and O–H groups in total. The monoisotopic (exact) mass is 448 g/mol. The Bertz CT molecular complexity index is 492. The van der Waals surface area contributed by atoms with Crippen LogP contribution in [0, 0.1) is 0 Å². The van der Waals surface area contributed by atoms with Crippen LogP contribution in [-0.4, -0.2) is 32.1 Å². The van der Waals surface area contributed by atoms with E-state index in [2.05, 4.69) is 22.5 Å². The van der Waals surface area contributed by atoms with Gasteiger partial charge in [-0.2, -0.15) is 0 Å². The molecule has 7 heteroatoms. The van der Waals surface area contributed by atoms with E-state index < -0.39 is 0 Å². The summed E-state index contributed by atoms with van der Waals surface area (Å²) in [6.45, 7) is 3.46. The van der Waals surface area contributed by atoms with Gasteiger partial charge in [-0.25, -0.2) is 4.99 Å². The lowest BCUT2D eigenvalue weighted by atomic mass is 10.2. The van der Waals surface area contributed by atoms with E-state index in [1.54, 1.807) is 7.11 Å². The number of ether oxygens (including phenoxy) is 1. The molecule has 0 atom stereocenters. The molecule has 1 aromatic rings. The zero-order chi connectivity index (χ0) is 16.9. The van der Waals surface area contributed by atoms with Crippen LogP contribution in [0.5, 0.6) is 5.75 Å². The van der Waals surface area contributed by atoms with E-state index in [9.17, 15) is 4.79 Å². The van der Waals surface area contributed by atoms with Gasteiger partial charge in [-0.3, -0.25) is 4.79 Å². The predicted molar refractivity (Wildman–Crippen MR) is 109 cm³/mol. The first-order chi connectivity index (χ1) is 11.2. The second-order valence-corrected chi connectivity index (χ2v) is 5.31. The molecule has 1 aromatic carbocycles. The SMILES string of the molecule is CCCCCCNC(N)=NCC(=O)NCc1ccc(OC)cc1.I. The third-order valence-corrected chi connectivity index (χ3v) is 3.38. The number of aliphatic imine (C=N–C) groups is 1. The maximum atomic E-state index is 11.7. The molecule has 0 spiro atoms. The van der Waals surface area contributed by atoms with Gasteiger partial charge in [-0.15, -0.1) is 24.0 Å². The van der Waals surface area contributed by atoms with Crippen molar-refractivity contribution in [3.63, 3.8) is 0 Å². The van der Waals surface area contributed by atoms with Crippen molar-refractivity contribution >= 4 is 35.8 Å². The van der Waals surface area contributed by atoms with Crippen molar-refractivity contribution in [2.24, 2.45) is 10.7 Å². The lowest BCUT2D eigenvalue weighted by molar-refractivity contribution is -0.119. The first-order valence-corrected chi connectivity index (χ1v) is 8.09. The molecule has 0 radical (unpaired) electrons. The van der Waals surface area contributed by atoms with Crippen molar-refractivity contribution in [2.45, 2.75) is 39.2 Å². The van der Waals surface area contributed by atoms with Gasteiger partial charge in [-0.05, 0) is 24.1 Å². The lowest BCUT2D eigenvalue weighted by Gasteiger charge is -2.07. The van der Waals surface area contributed by atoms with E-state index in [0.717, 1.165) is 24.3 Å². The van der Waals surface area contributed by atoms with Crippen LogP contribution in [-0.2, 0) is 11.3 Å². The van der Waals surface area contributed by atoms with E-state index in [1.807, 2.05) is 24.3 Å². The minimum absolute atomic E-state index is 0. The van der Waals surface area contributed by atoms with Crippen LogP contribution in [0.3, 0.4) is 0 Å². The Morgan fingerprint density at radius 3 is 2.50 bits per heavy atom. The molecule has 0 heterocycles. The Hall–Kier alpha value is -1.51. The molecule has 0 fully saturated rings. The van der Waals surface area contributed by atoms with Gasteiger partial charge in [0.1, 0.15) is 12.3 Å². The number of hydrogen-bond acceptors (Lipinski definition) is 3. The Labute approximate surface area is 161 Å². The van der Waals surface area contributed by atoms with Gasteiger partial charge in [0.25, 0.3) is 0 Å². The number of rotatable bonds is 10. The molecule has 0 unspecified atom stereocenters. The zero-order valence-corrected chi connectivity index (χ0v) is 16.8. The largest absolute Gasteiger partial charge is 0.497 e. The Morgan fingerprint density at radius 1 is 1.17 bits per heavy atom. The Morgan fingerprint density at radius 2 is 1.88 bits per heavy atom. The van der Waals surface area contributed by atoms with Crippen LogP contribution in [0.15, 0.2) is 29.3 Å². The number of nitrogens with two attached hydrogens (primary N) is 1. The average Bonchev–Trinajstić information content (AvgIpc) is 2.58. The molecule has 24 heavy (non-hydrogen) atoms. The molecule has 0 aromatic heterocycles. The number of unbranched alkanes of at least 4 members (excludes halogenated alkanes) is 3. The third-order valence-electron chi connectivity index (χ3n) is 3.38. The van der Waals surface area contributed by atoms with Gasteiger partial charge in [0.2, 0.25) is 5.91 Å². The lowest BCUT2D eigenvalue weighted by Crippen LogP contribution is -2.34. The van der Waals surface area contributed by atoms with Crippen LogP contribution in [0.4, 0.5) is 0 Å². The predicted octanol–water partition coefficient (Wildman–Crippen LogP) is 2.41. The van der Waals surface area contributed by atoms with Crippen LogP contribution < -0.4 is 21.1 Å². The number of benzene rings is 1. The van der Waals surface area contributed by atoms with Crippen molar-refractivity contribution in [2.75, 3.05) is 20.2 Å². The molecule has 1 amide bonds. The number of halogens is 1. The molecular formula is C17H29IN4O2. The highest BCUT2D eigenvalue weighted by Crippen LogP contribution is 2.10. The topological polar surface area (TPSA) is 88.7 Å². The second-order valence-electron chi connectivity index (χ2n) is 5.31. The summed E-state index contributed by atoms with van der Waals surface area (Å²) in [5.41, 5.74) is 6.73. The summed E-state index contributed by atoms with van der Waals surface area (Å²) in [5, 5.41) is 5.82. The summed E-state index contributed by atoms with van der Waals surface area (Å²) < 4.78 is 5.09. The zero-order valence-electron chi connectivity index (χ0n) is 14.5. The van der Waals surface area contributed by atoms with Crippen molar-refractivity contribution in [1.82, 2.24) is 10.6 Å². The summed E-state index contributed by atoms with van der Waals surface area (Å²) in [4.78, 5) is 15.8. The van der Waals surface area contributed by atoms with Crippen LogP contribution >= 0.6 is 24.0 Å². The van der Waals surface area contributed by atoms with Gasteiger partial charge < -0.3 is 21.1 Å².